The molecule has 1 atom stereocenters. The fraction of sp³-hybridized carbons (Fsp3) is 0.389. The Kier molecular flexibility index (Phi) is 6.12. The summed E-state index contributed by atoms with van der Waals surface area (Å²) in [7, 11) is 1.32. The molecule has 1 heterocycles. The summed E-state index contributed by atoms with van der Waals surface area (Å²) < 4.78 is 9.75. The summed E-state index contributed by atoms with van der Waals surface area (Å²) in [4.78, 5) is 36.9. The molecule has 0 spiro atoms. The van der Waals surface area contributed by atoms with Gasteiger partial charge in [0.05, 0.1) is 12.7 Å². The summed E-state index contributed by atoms with van der Waals surface area (Å²) in [6.07, 6.45) is 4.03. The normalized spacial score (nSPS) is 15.3. The third-order valence-electron chi connectivity index (χ3n) is 3.80. The molecule has 6 nitrogen and oxygen atoms in total. The van der Waals surface area contributed by atoms with Gasteiger partial charge in [-0.1, -0.05) is 12.1 Å². The average Bonchev–Trinajstić information content (AvgIpc) is 3.13. The van der Waals surface area contributed by atoms with Crippen molar-refractivity contribution in [3.05, 3.63) is 41.5 Å². The van der Waals surface area contributed by atoms with Crippen molar-refractivity contribution >= 4 is 23.9 Å². The van der Waals surface area contributed by atoms with Gasteiger partial charge in [0.2, 0.25) is 0 Å². The molecular weight excluding hydrogens is 310 g/mol. The van der Waals surface area contributed by atoms with Crippen molar-refractivity contribution in [1.29, 1.82) is 0 Å². The van der Waals surface area contributed by atoms with Gasteiger partial charge in [-0.2, -0.15) is 0 Å². The minimum atomic E-state index is -0.790. The van der Waals surface area contributed by atoms with Crippen molar-refractivity contribution in [3.8, 4) is 0 Å². The predicted octanol–water partition coefficient (Wildman–Crippen LogP) is 2.04. The molecule has 1 saturated heterocycles. The van der Waals surface area contributed by atoms with Crippen LogP contribution in [0.1, 0.15) is 35.7 Å². The fourth-order valence-electron chi connectivity index (χ4n) is 2.47. The number of rotatable bonds is 5. The molecule has 1 aromatic carbocycles. The maximum Gasteiger partial charge on any atom is 0.337 e. The lowest BCUT2D eigenvalue weighted by molar-refractivity contribution is -0.154. The van der Waals surface area contributed by atoms with Gasteiger partial charge < -0.3 is 14.4 Å². The van der Waals surface area contributed by atoms with E-state index in [1.165, 1.54) is 13.2 Å². The van der Waals surface area contributed by atoms with E-state index in [0.717, 1.165) is 31.5 Å². The summed E-state index contributed by atoms with van der Waals surface area (Å²) in [5.41, 5.74) is 1.17. The fourth-order valence-corrected chi connectivity index (χ4v) is 2.47. The first kappa shape index (κ1) is 17.7. The lowest BCUT2D eigenvalue weighted by Crippen LogP contribution is -2.37. The van der Waals surface area contributed by atoms with Gasteiger partial charge in [0.25, 0.3) is 5.91 Å². The molecule has 0 aliphatic carbocycles. The van der Waals surface area contributed by atoms with Crippen molar-refractivity contribution in [2.75, 3.05) is 20.2 Å². The summed E-state index contributed by atoms with van der Waals surface area (Å²) >= 11 is 0. The van der Waals surface area contributed by atoms with Crippen LogP contribution in [-0.2, 0) is 19.1 Å². The summed E-state index contributed by atoms with van der Waals surface area (Å²) in [5.74, 6) is -1.15. The van der Waals surface area contributed by atoms with Gasteiger partial charge in [0.15, 0.2) is 6.10 Å². The molecule has 1 amide bonds. The van der Waals surface area contributed by atoms with Crippen LogP contribution in [0.25, 0.3) is 6.08 Å². The SMILES string of the molecule is COC(=O)c1ccc(C=CC(=O)OC(C)C(=O)N2CCCC2)cc1. The van der Waals surface area contributed by atoms with Crippen molar-refractivity contribution in [2.24, 2.45) is 0 Å². The molecule has 128 valence electrons. The molecule has 0 bridgehead atoms. The Balaban J connectivity index is 1.87. The van der Waals surface area contributed by atoms with Gasteiger partial charge in [-0.05, 0) is 43.5 Å². The third kappa shape index (κ3) is 4.68. The number of carbonyl (C=O) groups excluding carboxylic acids is 3. The van der Waals surface area contributed by atoms with E-state index in [9.17, 15) is 14.4 Å². The second-order valence-electron chi connectivity index (χ2n) is 5.56. The molecule has 1 fully saturated rings. The lowest BCUT2D eigenvalue weighted by Gasteiger charge is -2.19. The largest absolute Gasteiger partial charge is 0.465 e. The number of likely N-dealkylation sites (tertiary alicyclic amines) is 1. The van der Waals surface area contributed by atoms with E-state index < -0.39 is 18.0 Å². The number of methoxy groups -OCH3 is 1. The molecule has 1 aliphatic heterocycles. The maximum atomic E-state index is 12.1. The highest BCUT2D eigenvalue weighted by Crippen LogP contribution is 2.11. The van der Waals surface area contributed by atoms with Gasteiger partial charge in [-0.15, -0.1) is 0 Å². The molecule has 0 saturated carbocycles. The maximum absolute atomic E-state index is 12.1. The minimum absolute atomic E-state index is 0.156. The smallest absolute Gasteiger partial charge is 0.337 e. The average molecular weight is 331 g/mol. The Morgan fingerprint density at radius 1 is 1.12 bits per heavy atom. The molecule has 1 aliphatic rings. The van der Waals surface area contributed by atoms with Crippen LogP contribution in [0.5, 0.6) is 0 Å². The van der Waals surface area contributed by atoms with Crippen molar-refractivity contribution < 1.29 is 23.9 Å². The molecule has 0 N–H and O–H groups in total. The zero-order chi connectivity index (χ0) is 17.5. The number of ether oxygens (including phenoxy) is 2. The molecule has 0 radical (unpaired) electrons. The van der Waals surface area contributed by atoms with Crippen molar-refractivity contribution in [3.63, 3.8) is 0 Å². The Morgan fingerprint density at radius 3 is 2.33 bits per heavy atom. The second-order valence-corrected chi connectivity index (χ2v) is 5.56. The zero-order valence-corrected chi connectivity index (χ0v) is 13.9. The van der Waals surface area contributed by atoms with Crippen LogP contribution >= 0.6 is 0 Å². The van der Waals surface area contributed by atoms with Crippen LogP contribution in [0, 0.1) is 0 Å². The number of carbonyl (C=O) groups is 3. The summed E-state index contributed by atoms with van der Waals surface area (Å²) in [6.45, 7) is 3.03. The molecule has 24 heavy (non-hydrogen) atoms. The van der Waals surface area contributed by atoms with E-state index in [1.54, 1.807) is 42.2 Å². The number of hydrogen-bond acceptors (Lipinski definition) is 5. The summed E-state index contributed by atoms with van der Waals surface area (Å²) in [6, 6.07) is 6.59. The Bertz CT molecular complexity index is 629. The first-order valence-corrected chi connectivity index (χ1v) is 7.87. The number of amides is 1. The molecular formula is C18H21NO5. The number of benzene rings is 1. The van der Waals surface area contributed by atoms with E-state index in [4.69, 9.17) is 4.74 Å². The second kappa shape index (κ2) is 8.29. The highest BCUT2D eigenvalue weighted by atomic mass is 16.5. The topological polar surface area (TPSA) is 72.9 Å². The first-order valence-electron chi connectivity index (χ1n) is 7.87. The van der Waals surface area contributed by atoms with Gasteiger partial charge >= 0.3 is 11.9 Å². The van der Waals surface area contributed by atoms with Gasteiger partial charge in [0.1, 0.15) is 0 Å². The number of esters is 2. The van der Waals surface area contributed by atoms with Gasteiger partial charge in [-0.3, -0.25) is 4.79 Å². The predicted molar refractivity (Wildman–Crippen MR) is 88.2 cm³/mol. The molecule has 1 aromatic rings. The van der Waals surface area contributed by atoms with Crippen LogP contribution in [0.15, 0.2) is 30.3 Å². The zero-order valence-electron chi connectivity index (χ0n) is 13.9. The van der Waals surface area contributed by atoms with Crippen LogP contribution < -0.4 is 0 Å². The van der Waals surface area contributed by atoms with Gasteiger partial charge in [-0.25, -0.2) is 9.59 Å². The molecule has 1 unspecified atom stereocenters. The minimum Gasteiger partial charge on any atom is -0.465 e. The molecule has 0 aromatic heterocycles. The van der Waals surface area contributed by atoms with E-state index in [2.05, 4.69) is 4.74 Å². The molecule has 6 heteroatoms. The monoisotopic (exact) mass is 331 g/mol. The Hall–Kier alpha value is -2.63. The van der Waals surface area contributed by atoms with Crippen LogP contribution in [0.4, 0.5) is 0 Å². The Morgan fingerprint density at radius 2 is 1.75 bits per heavy atom. The lowest BCUT2D eigenvalue weighted by atomic mass is 10.1. The van der Waals surface area contributed by atoms with E-state index >= 15 is 0 Å². The van der Waals surface area contributed by atoms with Crippen LogP contribution in [0.3, 0.4) is 0 Å². The van der Waals surface area contributed by atoms with Gasteiger partial charge in [0, 0.05) is 19.2 Å². The highest BCUT2D eigenvalue weighted by Gasteiger charge is 2.25. The molecule has 2 rings (SSSR count). The first-order chi connectivity index (χ1) is 11.5. The van der Waals surface area contributed by atoms with E-state index in [1.807, 2.05) is 0 Å². The third-order valence-corrected chi connectivity index (χ3v) is 3.80. The standard InChI is InChI=1S/C18H21NO5/c1-13(17(21)19-11-3-4-12-19)24-16(20)10-7-14-5-8-15(9-6-14)18(22)23-2/h5-10,13H,3-4,11-12H2,1-2H3. The van der Waals surface area contributed by atoms with Crippen molar-refractivity contribution in [2.45, 2.75) is 25.9 Å². The summed E-state index contributed by atoms with van der Waals surface area (Å²) in [5, 5.41) is 0. The van der Waals surface area contributed by atoms with Crippen molar-refractivity contribution in [1.82, 2.24) is 4.90 Å². The highest BCUT2D eigenvalue weighted by molar-refractivity contribution is 5.91. The number of hydrogen-bond donors (Lipinski definition) is 0. The van der Waals surface area contributed by atoms with Crippen LogP contribution in [-0.4, -0.2) is 49.0 Å². The quantitative estimate of drug-likeness (QED) is 0.610. The number of nitrogens with zero attached hydrogens (tertiary/aromatic N) is 1. The van der Waals surface area contributed by atoms with E-state index in [0.29, 0.717) is 5.56 Å². The Labute approximate surface area is 141 Å². The van der Waals surface area contributed by atoms with Crippen LogP contribution in [0.2, 0.25) is 0 Å². The van der Waals surface area contributed by atoms with E-state index in [-0.39, 0.29) is 5.91 Å².